The molecule has 27 heavy (non-hydrogen) atoms. The van der Waals surface area contributed by atoms with E-state index in [-0.39, 0.29) is 16.9 Å². The Balaban J connectivity index is 1.85. The number of benzene rings is 2. The number of halogens is 1. The highest BCUT2D eigenvalue weighted by Crippen LogP contribution is 2.29. The van der Waals surface area contributed by atoms with Gasteiger partial charge in [-0.3, -0.25) is 4.79 Å². The van der Waals surface area contributed by atoms with E-state index < -0.39 is 0 Å². The van der Waals surface area contributed by atoms with E-state index >= 15 is 0 Å². The molecule has 0 saturated carbocycles. The molecule has 0 aliphatic carbocycles. The van der Waals surface area contributed by atoms with Gasteiger partial charge >= 0.3 is 0 Å². The van der Waals surface area contributed by atoms with Crippen molar-refractivity contribution >= 4 is 17.5 Å². The lowest BCUT2D eigenvalue weighted by Gasteiger charge is -2.14. The van der Waals surface area contributed by atoms with Crippen LogP contribution in [-0.4, -0.2) is 25.8 Å². The second-order valence-electron chi connectivity index (χ2n) is 6.72. The number of thioether (sulfide) groups is 1. The fraction of sp³-hybridized carbons (Fsp3) is 0.286. The summed E-state index contributed by atoms with van der Waals surface area (Å²) < 4.78 is 15.8. The van der Waals surface area contributed by atoms with Crippen LogP contribution in [0.5, 0.6) is 0 Å². The summed E-state index contributed by atoms with van der Waals surface area (Å²) >= 11 is 1.33. The summed E-state index contributed by atoms with van der Waals surface area (Å²) in [6, 6.07) is 10.4. The molecule has 0 spiro atoms. The van der Waals surface area contributed by atoms with Crippen molar-refractivity contribution in [2.24, 2.45) is 7.05 Å². The van der Waals surface area contributed by atoms with Crippen molar-refractivity contribution in [3.05, 3.63) is 64.5 Å². The topological polar surface area (TPSA) is 47.8 Å². The van der Waals surface area contributed by atoms with E-state index in [9.17, 15) is 9.18 Å². The highest BCUT2D eigenvalue weighted by molar-refractivity contribution is 8.00. The Morgan fingerprint density at radius 1 is 1.07 bits per heavy atom. The Labute approximate surface area is 162 Å². The highest BCUT2D eigenvalue weighted by atomic mass is 32.2. The predicted octanol–water partition coefficient (Wildman–Crippen LogP) is 4.91. The molecule has 0 fully saturated rings. The minimum Gasteiger partial charge on any atom is -0.305 e. The molecule has 140 valence electrons. The van der Waals surface area contributed by atoms with E-state index in [0.717, 1.165) is 16.7 Å². The van der Waals surface area contributed by atoms with Crippen molar-refractivity contribution in [1.82, 2.24) is 14.8 Å². The minimum atomic E-state index is -0.348. The number of ketones is 1. The van der Waals surface area contributed by atoms with Gasteiger partial charge in [-0.2, -0.15) is 0 Å². The van der Waals surface area contributed by atoms with Gasteiger partial charge in [0.1, 0.15) is 5.82 Å². The number of rotatable bonds is 5. The van der Waals surface area contributed by atoms with Crippen LogP contribution < -0.4 is 0 Å². The van der Waals surface area contributed by atoms with Gasteiger partial charge in [-0.25, -0.2) is 4.39 Å². The molecule has 0 N–H and O–H groups in total. The molecule has 0 aliphatic heterocycles. The Hall–Kier alpha value is -2.47. The lowest BCUT2D eigenvalue weighted by Crippen LogP contribution is -2.16. The SMILES string of the molecule is Cc1cc(C)c(C(=O)[C@H](C)Sc2nnc(-c3ccccc3F)n2C)cc1C. The number of nitrogens with zero attached hydrogens (tertiary/aromatic N) is 3. The number of Topliss-reactive ketones (excluding diaryl/α,β-unsaturated/α-hetero) is 1. The molecular formula is C21H22FN3OS. The molecule has 3 rings (SSSR count). The largest absolute Gasteiger partial charge is 0.305 e. The van der Waals surface area contributed by atoms with Crippen molar-refractivity contribution in [2.75, 3.05) is 0 Å². The molecule has 0 radical (unpaired) electrons. The average molecular weight is 383 g/mol. The number of carbonyl (C=O) groups excluding carboxylic acids is 1. The third-order valence-corrected chi connectivity index (χ3v) is 5.84. The van der Waals surface area contributed by atoms with Crippen LogP contribution in [0.15, 0.2) is 41.6 Å². The third kappa shape index (κ3) is 3.81. The van der Waals surface area contributed by atoms with Gasteiger partial charge in [0.2, 0.25) is 0 Å². The molecule has 3 aromatic rings. The van der Waals surface area contributed by atoms with Crippen LogP contribution in [0, 0.1) is 26.6 Å². The summed E-state index contributed by atoms with van der Waals surface area (Å²) in [5.41, 5.74) is 4.37. The highest BCUT2D eigenvalue weighted by Gasteiger charge is 2.22. The summed E-state index contributed by atoms with van der Waals surface area (Å²) in [5.74, 6) is 0.146. The van der Waals surface area contributed by atoms with Crippen LogP contribution in [0.4, 0.5) is 4.39 Å². The lowest BCUT2D eigenvalue weighted by atomic mass is 9.97. The van der Waals surface area contributed by atoms with E-state index in [1.165, 1.54) is 23.4 Å². The number of aromatic nitrogens is 3. The molecular weight excluding hydrogens is 361 g/mol. The van der Waals surface area contributed by atoms with E-state index in [0.29, 0.717) is 16.5 Å². The van der Waals surface area contributed by atoms with Crippen molar-refractivity contribution in [1.29, 1.82) is 0 Å². The summed E-state index contributed by atoms with van der Waals surface area (Å²) in [5, 5.41) is 8.52. The minimum absolute atomic E-state index is 0.0519. The molecule has 1 atom stereocenters. The molecule has 6 heteroatoms. The maximum absolute atomic E-state index is 14.0. The molecule has 4 nitrogen and oxygen atoms in total. The van der Waals surface area contributed by atoms with Gasteiger partial charge < -0.3 is 4.57 Å². The summed E-state index contributed by atoms with van der Waals surface area (Å²) in [4.78, 5) is 12.9. The van der Waals surface area contributed by atoms with Gasteiger partial charge in [0.05, 0.1) is 10.8 Å². The van der Waals surface area contributed by atoms with Gasteiger partial charge in [-0.15, -0.1) is 10.2 Å². The first-order valence-corrected chi connectivity index (χ1v) is 9.60. The maximum atomic E-state index is 14.0. The molecule has 1 heterocycles. The predicted molar refractivity (Wildman–Crippen MR) is 107 cm³/mol. The van der Waals surface area contributed by atoms with Gasteiger partial charge in [-0.1, -0.05) is 30.0 Å². The monoisotopic (exact) mass is 383 g/mol. The van der Waals surface area contributed by atoms with Gasteiger partial charge in [0.15, 0.2) is 16.8 Å². The first kappa shape index (κ1) is 19.3. The zero-order valence-electron chi connectivity index (χ0n) is 16.1. The molecule has 2 aromatic carbocycles. The van der Waals surface area contributed by atoms with E-state index in [4.69, 9.17) is 0 Å². The maximum Gasteiger partial charge on any atom is 0.191 e. The molecule has 0 unspecified atom stereocenters. The summed E-state index contributed by atoms with van der Waals surface area (Å²) in [6.45, 7) is 7.86. The molecule has 1 aromatic heterocycles. The Bertz CT molecular complexity index is 1010. The zero-order valence-corrected chi connectivity index (χ0v) is 16.9. The van der Waals surface area contributed by atoms with E-state index in [1.54, 1.807) is 29.8 Å². The van der Waals surface area contributed by atoms with Crippen LogP contribution in [-0.2, 0) is 7.05 Å². The zero-order chi connectivity index (χ0) is 19.7. The standard InChI is InChI=1S/C21H22FN3OS/c1-12-10-14(3)17(11-13(12)2)19(26)15(4)27-21-24-23-20(25(21)5)16-8-6-7-9-18(16)22/h6-11,15H,1-5H3/t15-/m0/s1. The number of aryl methyl sites for hydroxylation is 3. The quantitative estimate of drug-likeness (QED) is 0.464. The van der Waals surface area contributed by atoms with Gasteiger partial charge in [0, 0.05) is 12.6 Å². The lowest BCUT2D eigenvalue weighted by molar-refractivity contribution is 0.0993. The van der Waals surface area contributed by atoms with Crippen LogP contribution >= 0.6 is 11.8 Å². The smallest absolute Gasteiger partial charge is 0.191 e. The van der Waals surface area contributed by atoms with Crippen LogP contribution in [0.1, 0.15) is 34.0 Å². The van der Waals surface area contributed by atoms with Crippen molar-refractivity contribution in [3.63, 3.8) is 0 Å². The average Bonchev–Trinajstić information content (AvgIpc) is 2.98. The molecule has 0 bridgehead atoms. The fourth-order valence-corrected chi connectivity index (χ4v) is 3.83. The van der Waals surface area contributed by atoms with Crippen LogP contribution in [0.3, 0.4) is 0 Å². The fourth-order valence-electron chi connectivity index (χ4n) is 2.95. The summed E-state index contributed by atoms with van der Waals surface area (Å²) in [7, 11) is 1.78. The van der Waals surface area contributed by atoms with E-state index in [1.807, 2.05) is 39.8 Å². The Morgan fingerprint density at radius 2 is 1.74 bits per heavy atom. The number of hydrogen-bond acceptors (Lipinski definition) is 4. The van der Waals surface area contributed by atoms with Crippen LogP contribution in [0.25, 0.3) is 11.4 Å². The molecule has 0 amide bonds. The third-order valence-electron chi connectivity index (χ3n) is 4.71. The first-order chi connectivity index (χ1) is 12.8. The number of hydrogen-bond donors (Lipinski definition) is 0. The number of carbonyl (C=O) groups is 1. The second kappa shape index (κ2) is 7.64. The summed E-state index contributed by atoms with van der Waals surface area (Å²) in [6.07, 6.45) is 0. The van der Waals surface area contributed by atoms with Crippen LogP contribution in [0.2, 0.25) is 0 Å². The molecule has 0 saturated heterocycles. The first-order valence-electron chi connectivity index (χ1n) is 8.72. The van der Waals surface area contributed by atoms with Crippen molar-refractivity contribution < 1.29 is 9.18 Å². The normalized spacial score (nSPS) is 12.2. The molecule has 0 aliphatic rings. The van der Waals surface area contributed by atoms with E-state index in [2.05, 4.69) is 10.2 Å². The van der Waals surface area contributed by atoms with Crippen molar-refractivity contribution in [3.8, 4) is 11.4 Å². The second-order valence-corrected chi connectivity index (χ2v) is 8.03. The Morgan fingerprint density at radius 3 is 2.44 bits per heavy atom. The van der Waals surface area contributed by atoms with Crippen molar-refractivity contribution in [2.45, 2.75) is 38.1 Å². The van der Waals surface area contributed by atoms with Gasteiger partial charge in [-0.05, 0) is 62.6 Å². The van der Waals surface area contributed by atoms with Gasteiger partial charge in [0.25, 0.3) is 0 Å². The Kier molecular flexibility index (Phi) is 5.46.